The van der Waals surface area contributed by atoms with Crippen molar-refractivity contribution in [3.05, 3.63) is 76.5 Å². The predicted octanol–water partition coefficient (Wildman–Crippen LogP) is 5.48. The molecular formula is C24H26N4O2S2. The van der Waals surface area contributed by atoms with Crippen molar-refractivity contribution in [1.82, 2.24) is 19.7 Å². The van der Waals surface area contributed by atoms with Gasteiger partial charge in [-0.2, -0.15) is 0 Å². The Bertz CT molecular complexity index is 1130. The Morgan fingerprint density at radius 2 is 1.84 bits per heavy atom. The Kier molecular flexibility index (Phi) is 7.92. The molecule has 0 bridgehead atoms. The van der Waals surface area contributed by atoms with E-state index in [9.17, 15) is 0 Å². The number of hydrogen-bond acceptors (Lipinski definition) is 7. The molecule has 0 saturated carbocycles. The molecule has 0 spiro atoms. The smallest absolute Gasteiger partial charge is 0.191 e. The molecule has 0 amide bonds. The van der Waals surface area contributed by atoms with Crippen molar-refractivity contribution in [2.45, 2.75) is 37.4 Å². The van der Waals surface area contributed by atoms with E-state index >= 15 is 0 Å². The summed E-state index contributed by atoms with van der Waals surface area (Å²) in [7, 11) is 1.70. The van der Waals surface area contributed by atoms with Gasteiger partial charge in [0, 0.05) is 30.4 Å². The van der Waals surface area contributed by atoms with E-state index in [0.29, 0.717) is 19.8 Å². The van der Waals surface area contributed by atoms with Crippen LogP contribution in [0, 0.1) is 0 Å². The van der Waals surface area contributed by atoms with Crippen molar-refractivity contribution in [2.75, 3.05) is 13.7 Å². The van der Waals surface area contributed by atoms with Gasteiger partial charge in [-0.05, 0) is 18.1 Å². The molecule has 166 valence electrons. The van der Waals surface area contributed by atoms with Gasteiger partial charge in [0.15, 0.2) is 11.0 Å². The molecule has 8 heteroatoms. The lowest BCUT2D eigenvalue weighted by atomic mass is 10.1. The summed E-state index contributed by atoms with van der Waals surface area (Å²) in [6, 6.07) is 18.3. The van der Waals surface area contributed by atoms with Crippen LogP contribution >= 0.6 is 23.1 Å². The first-order valence-electron chi connectivity index (χ1n) is 10.5. The van der Waals surface area contributed by atoms with Crippen LogP contribution in [0.1, 0.15) is 23.4 Å². The van der Waals surface area contributed by atoms with Crippen LogP contribution in [-0.4, -0.2) is 33.5 Å². The standard InChI is InChI=1S/C24H26N4O2S2/c1-3-23-25-19(16-31-23)17-32-24-27-26-22(28(24)13-14-29-2)15-30-21-12-8-7-11-20(21)18-9-5-4-6-10-18/h4-12,16H,3,13-15,17H2,1-2H3. The summed E-state index contributed by atoms with van der Waals surface area (Å²) in [6.45, 7) is 3.70. The normalized spacial score (nSPS) is 11.1. The number of aryl methyl sites for hydroxylation is 1. The third-order valence-corrected chi connectivity index (χ3v) is 6.93. The minimum absolute atomic E-state index is 0.331. The summed E-state index contributed by atoms with van der Waals surface area (Å²) in [5, 5.41) is 13.0. The van der Waals surface area contributed by atoms with Gasteiger partial charge in [-0.1, -0.05) is 67.2 Å². The molecule has 2 aromatic carbocycles. The number of thioether (sulfide) groups is 1. The van der Waals surface area contributed by atoms with Crippen LogP contribution in [0.4, 0.5) is 0 Å². The lowest BCUT2D eigenvalue weighted by molar-refractivity contribution is 0.181. The van der Waals surface area contributed by atoms with Gasteiger partial charge >= 0.3 is 0 Å². The molecule has 0 N–H and O–H groups in total. The van der Waals surface area contributed by atoms with Gasteiger partial charge in [-0.15, -0.1) is 21.5 Å². The van der Waals surface area contributed by atoms with Crippen LogP contribution in [0.2, 0.25) is 0 Å². The second-order valence-corrected chi connectivity index (χ2v) is 8.95. The maximum atomic E-state index is 6.21. The number of methoxy groups -OCH3 is 1. The van der Waals surface area contributed by atoms with E-state index in [0.717, 1.165) is 50.7 Å². The molecule has 0 fully saturated rings. The number of nitrogens with zero attached hydrogens (tertiary/aromatic N) is 4. The zero-order valence-corrected chi connectivity index (χ0v) is 19.9. The number of para-hydroxylation sites is 1. The minimum atomic E-state index is 0.331. The molecule has 0 aliphatic rings. The first-order chi connectivity index (χ1) is 15.8. The lowest BCUT2D eigenvalue weighted by Crippen LogP contribution is -2.12. The highest BCUT2D eigenvalue weighted by Crippen LogP contribution is 2.30. The molecule has 4 aromatic rings. The summed E-state index contributed by atoms with van der Waals surface area (Å²) in [4.78, 5) is 4.65. The van der Waals surface area contributed by atoms with E-state index in [4.69, 9.17) is 9.47 Å². The molecule has 32 heavy (non-hydrogen) atoms. The number of thiazole rings is 1. The largest absolute Gasteiger partial charge is 0.485 e. The van der Waals surface area contributed by atoms with Crippen LogP contribution in [0.3, 0.4) is 0 Å². The Labute approximate surface area is 196 Å². The van der Waals surface area contributed by atoms with Crippen molar-refractivity contribution in [3.8, 4) is 16.9 Å². The first kappa shape index (κ1) is 22.5. The zero-order valence-electron chi connectivity index (χ0n) is 18.2. The highest BCUT2D eigenvalue weighted by molar-refractivity contribution is 7.98. The van der Waals surface area contributed by atoms with Crippen LogP contribution in [0.5, 0.6) is 5.75 Å². The van der Waals surface area contributed by atoms with Crippen LogP contribution in [-0.2, 0) is 30.1 Å². The van der Waals surface area contributed by atoms with Crippen LogP contribution in [0.15, 0.2) is 65.1 Å². The maximum Gasteiger partial charge on any atom is 0.191 e. The summed E-state index contributed by atoms with van der Waals surface area (Å²) in [5.74, 6) is 2.36. The fourth-order valence-corrected chi connectivity index (χ4v) is 4.97. The monoisotopic (exact) mass is 466 g/mol. The zero-order chi connectivity index (χ0) is 22.2. The highest BCUT2D eigenvalue weighted by Gasteiger charge is 2.15. The quantitative estimate of drug-likeness (QED) is 0.273. The predicted molar refractivity (Wildman–Crippen MR) is 129 cm³/mol. The van der Waals surface area contributed by atoms with E-state index in [1.807, 2.05) is 36.4 Å². The molecule has 2 heterocycles. The molecule has 0 atom stereocenters. The summed E-state index contributed by atoms with van der Waals surface area (Å²) < 4.78 is 13.6. The number of rotatable bonds is 11. The number of benzene rings is 2. The van der Waals surface area contributed by atoms with Crippen molar-refractivity contribution < 1.29 is 9.47 Å². The molecule has 6 nitrogen and oxygen atoms in total. The first-order valence-corrected chi connectivity index (χ1v) is 12.4. The van der Waals surface area contributed by atoms with Crippen molar-refractivity contribution in [1.29, 1.82) is 0 Å². The van der Waals surface area contributed by atoms with Crippen molar-refractivity contribution in [2.24, 2.45) is 0 Å². The van der Waals surface area contributed by atoms with Crippen molar-refractivity contribution >= 4 is 23.1 Å². The summed E-state index contributed by atoms with van der Waals surface area (Å²) >= 11 is 3.35. The number of ether oxygens (including phenoxy) is 2. The van der Waals surface area contributed by atoms with Gasteiger partial charge in [0.1, 0.15) is 12.4 Å². The highest BCUT2D eigenvalue weighted by atomic mass is 32.2. The number of hydrogen-bond donors (Lipinski definition) is 0. The van der Waals surface area contributed by atoms with E-state index in [2.05, 4.69) is 50.3 Å². The van der Waals surface area contributed by atoms with Gasteiger partial charge < -0.3 is 14.0 Å². The Morgan fingerprint density at radius 3 is 2.62 bits per heavy atom. The molecular weight excluding hydrogens is 440 g/mol. The second-order valence-electron chi connectivity index (χ2n) is 7.07. The second kappa shape index (κ2) is 11.3. The van der Waals surface area contributed by atoms with Crippen molar-refractivity contribution in [3.63, 3.8) is 0 Å². The third-order valence-electron chi connectivity index (χ3n) is 4.89. The van der Waals surface area contributed by atoms with Gasteiger partial charge in [0.2, 0.25) is 0 Å². The van der Waals surface area contributed by atoms with Crippen LogP contribution < -0.4 is 4.74 Å². The lowest BCUT2D eigenvalue weighted by Gasteiger charge is -2.13. The average molecular weight is 467 g/mol. The van der Waals surface area contributed by atoms with Gasteiger partial charge in [-0.25, -0.2) is 4.98 Å². The summed E-state index contributed by atoms with van der Waals surface area (Å²) in [5.41, 5.74) is 3.25. The molecule has 0 aliphatic carbocycles. The van der Waals surface area contributed by atoms with Gasteiger partial charge in [0.05, 0.1) is 17.3 Å². The molecule has 0 unspecified atom stereocenters. The fraction of sp³-hybridized carbons (Fsp3) is 0.292. The maximum absolute atomic E-state index is 6.21. The Morgan fingerprint density at radius 1 is 1.03 bits per heavy atom. The Balaban J connectivity index is 1.49. The van der Waals surface area contributed by atoms with E-state index in [1.165, 1.54) is 0 Å². The Hall–Kier alpha value is -2.68. The third kappa shape index (κ3) is 5.56. The minimum Gasteiger partial charge on any atom is -0.485 e. The van der Waals surface area contributed by atoms with E-state index < -0.39 is 0 Å². The summed E-state index contributed by atoms with van der Waals surface area (Å²) in [6.07, 6.45) is 0.964. The topological polar surface area (TPSA) is 62.1 Å². The number of aromatic nitrogens is 4. The fourth-order valence-electron chi connectivity index (χ4n) is 3.25. The average Bonchev–Trinajstić information content (AvgIpc) is 3.47. The van der Waals surface area contributed by atoms with E-state index in [-0.39, 0.29) is 0 Å². The SMILES string of the molecule is CCc1nc(CSc2nnc(COc3ccccc3-c3ccccc3)n2CCOC)cs1. The van der Waals surface area contributed by atoms with Gasteiger partial charge in [-0.3, -0.25) is 0 Å². The molecule has 2 aromatic heterocycles. The van der Waals surface area contributed by atoms with Gasteiger partial charge in [0.25, 0.3) is 0 Å². The molecule has 4 rings (SSSR count). The molecule has 0 radical (unpaired) electrons. The molecule has 0 aliphatic heterocycles. The molecule has 0 saturated heterocycles. The van der Waals surface area contributed by atoms with Crippen LogP contribution in [0.25, 0.3) is 11.1 Å². The van der Waals surface area contributed by atoms with E-state index in [1.54, 1.807) is 30.2 Å².